The van der Waals surface area contributed by atoms with Crippen LogP contribution in [0.1, 0.15) is 0 Å². The van der Waals surface area contributed by atoms with E-state index in [-0.39, 0.29) is 0 Å². The van der Waals surface area contributed by atoms with Crippen LogP contribution in [0.3, 0.4) is 0 Å². The summed E-state index contributed by atoms with van der Waals surface area (Å²) in [6.45, 7) is 0. The molecule has 9 aromatic carbocycles. The van der Waals surface area contributed by atoms with Crippen LogP contribution in [-0.2, 0) is 0 Å². The molecule has 2 heterocycles. The van der Waals surface area contributed by atoms with Gasteiger partial charge in [-0.05, 0) is 81.1 Å². The highest BCUT2D eigenvalue weighted by molar-refractivity contribution is 7.26. The minimum absolute atomic E-state index is 1.12. The predicted molar refractivity (Wildman–Crippen MR) is 241 cm³/mol. The normalized spacial score (nSPS) is 11.6. The smallest absolute Gasteiger partial charge is 0.0718 e. The van der Waals surface area contributed by atoms with Gasteiger partial charge in [-0.1, -0.05) is 158 Å². The molecule has 1 nitrogen and oxygen atoms in total. The molecule has 0 aliphatic rings. The van der Waals surface area contributed by atoms with Gasteiger partial charge in [0.15, 0.2) is 0 Å². The van der Waals surface area contributed by atoms with Gasteiger partial charge in [0.2, 0.25) is 0 Å². The number of rotatable bonds is 6. The first-order valence-corrected chi connectivity index (χ1v) is 20.3. The standard InChI is InChI=1S/C52H33NS2/c1-2-11-38(12-3-1)43-30-31-47-45-15-7-9-17-49(45)55-52(47)51(43)53(42-28-29-46-44-14-6-8-16-48(44)54-50(46)33-42)41-26-24-36(25-27-41)35-18-20-37(21-19-35)40-23-22-34-10-4-5-13-39(34)32-40/h1-33H. The average molecular weight is 736 g/mol. The molecule has 3 heteroatoms. The van der Waals surface area contributed by atoms with E-state index in [4.69, 9.17) is 0 Å². The van der Waals surface area contributed by atoms with E-state index in [0.717, 1.165) is 11.4 Å². The van der Waals surface area contributed by atoms with E-state index in [2.05, 4.69) is 205 Å². The second kappa shape index (κ2) is 13.1. The average Bonchev–Trinajstić information content (AvgIpc) is 3.83. The Hall–Kier alpha value is -6.52. The van der Waals surface area contributed by atoms with Gasteiger partial charge in [-0.25, -0.2) is 0 Å². The lowest BCUT2D eigenvalue weighted by Crippen LogP contribution is -2.11. The molecule has 0 aliphatic carbocycles. The highest BCUT2D eigenvalue weighted by atomic mass is 32.1. The molecular weight excluding hydrogens is 703 g/mol. The molecule has 11 aromatic rings. The van der Waals surface area contributed by atoms with Gasteiger partial charge in [0, 0.05) is 52.6 Å². The number of fused-ring (bicyclic) bond motifs is 7. The van der Waals surface area contributed by atoms with Gasteiger partial charge in [0.05, 0.1) is 10.4 Å². The Morgan fingerprint density at radius 1 is 0.309 bits per heavy atom. The topological polar surface area (TPSA) is 3.24 Å². The zero-order valence-corrected chi connectivity index (χ0v) is 31.4. The fourth-order valence-electron chi connectivity index (χ4n) is 8.14. The Morgan fingerprint density at radius 3 is 1.62 bits per heavy atom. The lowest BCUT2D eigenvalue weighted by molar-refractivity contribution is 1.31. The summed E-state index contributed by atoms with van der Waals surface area (Å²) in [6.07, 6.45) is 0. The van der Waals surface area contributed by atoms with Crippen LogP contribution in [0.5, 0.6) is 0 Å². The molecule has 0 N–H and O–H groups in total. The van der Waals surface area contributed by atoms with Crippen molar-refractivity contribution in [3.8, 4) is 33.4 Å². The van der Waals surface area contributed by atoms with E-state index >= 15 is 0 Å². The molecule has 11 rings (SSSR count). The second-order valence-electron chi connectivity index (χ2n) is 14.1. The van der Waals surface area contributed by atoms with Gasteiger partial charge in [-0.3, -0.25) is 0 Å². The Bertz CT molecular complexity index is 3190. The van der Waals surface area contributed by atoms with Crippen molar-refractivity contribution in [2.45, 2.75) is 0 Å². The zero-order valence-electron chi connectivity index (χ0n) is 29.8. The summed E-state index contributed by atoms with van der Waals surface area (Å²) in [5.74, 6) is 0. The highest BCUT2D eigenvalue weighted by Gasteiger charge is 2.23. The first kappa shape index (κ1) is 32.0. The molecule has 0 spiro atoms. The number of nitrogens with zero attached hydrogens (tertiary/aromatic N) is 1. The minimum atomic E-state index is 1.12. The van der Waals surface area contributed by atoms with Gasteiger partial charge in [0.25, 0.3) is 0 Å². The molecule has 0 fully saturated rings. The van der Waals surface area contributed by atoms with Gasteiger partial charge < -0.3 is 4.90 Å². The maximum Gasteiger partial charge on any atom is 0.0718 e. The van der Waals surface area contributed by atoms with Gasteiger partial charge in [-0.2, -0.15) is 0 Å². The fraction of sp³-hybridized carbons (Fsp3) is 0. The third kappa shape index (κ3) is 5.51. The summed E-state index contributed by atoms with van der Waals surface area (Å²) >= 11 is 3.75. The third-order valence-electron chi connectivity index (χ3n) is 10.9. The van der Waals surface area contributed by atoms with E-state index in [0.29, 0.717) is 0 Å². The number of benzene rings is 9. The van der Waals surface area contributed by atoms with Crippen molar-refractivity contribution in [2.24, 2.45) is 0 Å². The molecule has 0 amide bonds. The molecular formula is C52H33NS2. The highest BCUT2D eigenvalue weighted by Crippen LogP contribution is 2.50. The number of hydrogen-bond donors (Lipinski definition) is 0. The van der Waals surface area contributed by atoms with Crippen LogP contribution in [0.25, 0.3) is 84.5 Å². The van der Waals surface area contributed by atoms with Crippen molar-refractivity contribution in [1.29, 1.82) is 0 Å². The first-order valence-electron chi connectivity index (χ1n) is 18.7. The summed E-state index contributed by atoms with van der Waals surface area (Å²) in [4.78, 5) is 2.50. The van der Waals surface area contributed by atoms with E-state index in [1.807, 2.05) is 22.7 Å². The van der Waals surface area contributed by atoms with Crippen LogP contribution in [0.4, 0.5) is 17.1 Å². The zero-order chi connectivity index (χ0) is 36.3. The lowest BCUT2D eigenvalue weighted by Gasteiger charge is -2.29. The van der Waals surface area contributed by atoms with Crippen LogP contribution in [0.15, 0.2) is 200 Å². The monoisotopic (exact) mass is 735 g/mol. The Balaban J connectivity index is 1.07. The molecule has 0 atom stereocenters. The van der Waals surface area contributed by atoms with Gasteiger partial charge in [-0.15, -0.1) is 22.7 Å². The van der Waals surface area contributed by atoms with Crippen molar-refractivity contribution in [3.63, 3.8) is 0 Å². The fourth-order valence-corrected chi connectivity index (χ4v) is 10.5. The lowest BCUT2D eigenvalue weighted by atomic mass is 9.97. The first-order chi connectivity index (χ1) is 27.2. The minimum Gasteiger partial charge on any atom is -0.308 e. The number of thiophene rings is 2. The maximum atomic E-state index is 2.50. The molecule has 2 aromatic heterocycles. The van der Waals surface area contributed by atoms with Crippen molar-refractivity contribution in [1.82, 2.24) is 0 Å². The number of hydrogen-bond acceptors (Lipinski definition) is 3. The molecule has 55 heavy (non-hydrogen) atoms. The van der Waals surface area contributed by atoms with E-state index < -0.39 is 0 Å². The van der Waals surface area contributed by atoms with Crippen molar-refractivity contribution < 1.29 is 0 Å². The Kier molecular flexibility index (Phi) is 7.61. The molecule has 0 saturated heterocycles. The summed E-state index contributed by atoms with van der Waals surface area (Å²) in [5.41, 5.74) is 10.7. The van der Waals surface area contributed by atoms with Crippen molar-refractivity contribution in [2.75, 3.05) is 4.90 Å². The van der Waals surface area contributed by atoms with Crippen LogP contribution in [0, 0.1) is 0 Å². The van der Waals surface area contributed by atoms with Gasteiger partial charge >= 0.3 is 0 Å². The van der Waals surface area contributed by atoms with Crippen LogP contribution in [-0.4, -0.2) is 0 Å². The maximum absolute atomic E-state index is 2.50. The van der Waals surface area contributed by atoms with Gasteiger partial charge in [0.1, 0.15) is 0 Å². The molecule has 0 bridgehead atoms. The molecule has 0 unspecified atom stereocenters. The van der Waals surface area contributed by atoms with E-state index in [9.17, 15) is 0 Å². The Morgan fingerprint density at radius 2 is 0.855 bits per heavy atom. The van der Waals surface area contributed by atoms with Crippen molar-refractivity contribution >= 4 is 90.9 Å². The second-order valence-corrected chi connectivity index (χ2v) is 16.2. The molecule has 0 aliphatic heterocycles. The van der Waals surface area contributed by atoms with E-state index in [1.54, 1.807) is 0 Å². The Labute approximate surface area is 327 Å². The number of anilines is 3. The van der Waals surface area contributed by atoms with E-state index in [1.165, 1.54) is 90.2 Å². The largest absolute Gasteiger partial charge is 0.308 e. The summed E-state index contributed by atoms with van der Waals surface area (Å²) < 4.78 is 5.18. The summed E-state index contributed by atoms with van der Waals surface area (Å²) in [7, 11) is 0. The van der Waals surface area contributed by atoms with Crippen LogP contribution >= 0.6 is 22.7 Å². The summed E-state index contributed by atoms with van der Waals surface area (Å²) in [6, 6.07) is 73.4. The SMILES string of the molecule is c1ccc(-c2ccc3c(sc4ccccc43)c2N(c2ccc(-c3ccc(-c4ccc5ccccc5c4)cc3)cc2)c2ccc3c(c2)sc2ccccc23)cc1. The quantitative estimate of drug-likeness (QED) is 0.164. The van der Waals surface area contributed by atoms with Crippen molar-refractivity contribution in [3.05, 3.63) is 200 Å². The van der Waals surface area contributed by atoms with Crippen LogP contribution < -0.4 is 4.90 Å². The molecule has 0 radical (unpaired) electrons. The predicted octanol–water partition coefficient (Wildman–Crippen LogP) is 16.0. The third-order valence-corrected chi connectivity index (χ3v) is 13.2. The molecule has 0 saturated carbocycles. The molecule has 258 valence electrons. The van der Waals surface area contributed by atoms with Crippen LogP contribution in [0.2, 0.25) is 0 Å². The summed E-state index contributed by atoms with van der Waals surface area (Å²) in [5, 5.41) is 7.72.